The molecule has 731 valence electrons. The van der Waals surface area contributed by atoms with E-state index in [0.29, 0.717) is 19.8 Å². The summed E-state index contributed by atoms with van der Waals surface area (Å²) in [5.74, 6) is 0. The molecule has 0 bridgehead atoms. The largest absolute Gasteiger partial charge is 3.00 e. The van der Waals surface area contributed by atoms with Crippen molar-refractivity contribution in [2.75, 3.05) is 38.3 Å². The van der Waals surface area contributed by atoms with Crippen LogP contribution in [0.1, 0.15) is 658 Å². The summed E-state index contributed by atoms with van der Waals surface area (Å²) in [6.45, 7) is 14.9. The van der Waals surface area contributed by atoms with Gasteiger partial charge in [-0.15, -0.1) is 0 Å². The van der Waals surface area contributed by atoms with Crippen LogP contribution in [0, 0.1) is 0 Å². The quantitative estimate of drug-likeness (QED) is 0.0330. The van der Waals surface area contributed by atoms with Crippen LogP contribution >= 0.6 is 22.8 Å². The van der Waals surface area contributed by atoms with E-state index in [9.17, 15) is 28.4 Å². The first-order chi connectivity index (χ1) is 58.9. The first-order valence-electron chi connectivity index (χ1n) is 55.7. The van der Waals surface area contributed by atoms with Crippen molar-refractivity contribution in [1.29, 1.82) is 0 Å². The maximum Gasteiger partial charge on any atom is 3.00 e. The minimum Gasteiger partial charge on any atom is -0.778 e. The van der Waals surface area contributed by atoms with Gasteiger partial charge in [-0.25, -0.2) is 0 Å². The summed E-state index contributed by atoms with van der Waals surface area (Å²) in [5.41, 5.74) is 0. The minimum atomic E-state index is -3.62. The number of unbranched alkanes of at least 4 members (excludes halogenated alkanes) is 90. The average Bonchev–Trinajstić information content (AvgIpc) is 0.951. The van der Waals surface area contributed by atoms with Crippen LogP contribution in [0.3, 0.4) is 0 Å². The molecule has 0 saturated heterocycles. The van der Waals surface area contributed by atoms with Gasteiger partial charge in [0.2, 0.25) is 0 Å². The Morgan fingerprint density at radius 3 is 0.298 bits per heavy atom. The summed E-state index contributed by atoms with van der Waals surface area (Å²) in [6, 6.07) is 0. The monoisotopic (exact) mass is 1810 g/mol. The molecule has 9 nitrogen and oxygen atoms in total. The second-order valence-corrected chi connectivity index (χ2v) is 44.1. The molecular weight excluding hydrogens is 1590 g/mol. The molecule has 3 unspecified atom stereocenters. The van der Waals surface area contributed by atoms with Crippen LogP contribution in [-0.4, -0.2) is 38.3 Å². The minimum absolute atomic E-state index is 0. The second kappa shape index (κ2) is 113. The number of hydrogen-bond donors (Lipinski definition) is 0. The molecule has 0 fully saturated rings. The molecule has 0 aromatic rings. The molecule has 0 aliphatic carbocycles. The van der Waals surface area contributed by atoms with E-state index in [1.54, 1.807) is 0 Å². The summed E-state index contributed by atoms with van der Waals surface area (Å²) in [7, 11) is -10.9. The zero-order valence-electron chi connectivity index (χ0n) is 83.5. The maximum atomic E-state index is 12.1. The van der Waals surface area contributed by atoms with Crippen molar-refractivity contribution in [3.8, 4) is 0 Å². The molecular formula is C108H222FeO9P3. The Bertz CT molecular complexity index is 1750. The third kappa shape index (κ3) is 123. The van der Waals surface area contributed by atoms with Crippen LogP contribution < -0.4 is 14.7 Å². The fraction of sp³-hybridized carbons (Fsp3) is 1.00. The summed E-state index contributed by atoms with van der Waals surface area (Å²) >= 11 is 0. The van der Waals surface area contributed by atoms with Crippen molar-refractivity contribution in [2.45, 2.75) is 658 Å². The van der Waals surface area contributed by atoms with E-state index in [0.717, 1.165) is 96.3 Å². The Kier molecular flexibility index (Phi) is 120. The first-order valence-corrected chi connectivity index (χ1v) is 60.9. The summed E-state index contributed by atoms with van der Waals surface area (Å²) in [6.07, 6.45) is 127. The predicted octanol–water partition coefficient (Wildman–Crippen LogP) is 39.2. The van der Waals surface area contributed by atoms with E-state index in [2.05, 4.69) is 41.5 Å². The van der Waals surface area contributed by atoms with Crippen LogP contribution in [0.15, 0.2) is 0 Å². The molecule has 0 rings (SSSR count). The SMILES string of the molecule is CCCCCCCCCCCCCCCCCCOP(=O)([O-])CCCCCCCCCCCCCCCCCC.CCCCCCCCCCCCCCCCCCOP(=O)([O-])CCCCCCCCCCCCCCCCCC.CCCCCCCCCCCCCCCCCCOP(=O)([O-])CCCCCCCCCCCCCCCCCC.[Fe+3]. The van der Waals surface area contributed by atoms with Crippen LogP contribution in [0.4, 0.5) is 0 Å². The van der Waals surface area contributed by atoms with Crippen LogP contribution in [-0.2, 0) is 44.3 Å². The first kappa shape index (κ1) is 128. The zero-order chi connectivity index (χ0) is 87.7. The normalized spacial score (nSPS) is 13.1. The molecule has 0 aromatic heterocycles. The van der Waals surface area contributed by atoms with Crippen molar-refractivity contribution in [3.63, 3.8) is 0 Å². The standard InChI is InChI=1S/3C36H75O3P.Fe/c3*1-3-5-7-9-11-13-15-17-19-21-23-25-27-29-31-33-35-39-40(37,38)36-34-32-30-28-26-24-22-20-18-16-14-12-10-8-6-4-2;/h3*3-36H2,1-2H3,(H,37,38);/q;;;+3/p-3. The Labute approximate surface area is 773 Å². The number of rotatable bonds is 105. The molecule has 3 atom stereocenters. The molecule has 0 aromatic carbocycles. The van der Waals surface area contributed by atoms with Crippen molar-refractivity contribution < 1.29 is 59.0 Å². The van der Waals surface area contributed by atoms with E-state index < -0.39 is 22.8 Å². The average molecular weight is 1810 g/mol. The van der Waals surface area contributed by atoms with Gasteiger partial charge in [-0.1, -0.05) is 619 Å². The molecule has 1 radical (unpaired) electrons. The molecule has 13 heteroatoms. The summed E-state index contributed by atoms with van der Waals surface area (Å²) in [4.78, 5) is 36.4. The van der Waals surface area contributed by atoms with E-state index in [1.807, 2.05) is 0 Å². The predicted molar refractivity (Wildman–Crippen MR) is 533 cm³/mol. The number of hydrogen-bond acceptors (Lipinski definition) is 9. The van der Waals surface area contributed by atoms with E-state index in [1.165, 1.54) is 520 Å². The van der Waals surface area contributed by atoms with Crippen LogP contribution in [0.25, 0.3) is 0 Å². The zero-order valence-corrected chi connectivity index (χ0v) is 87.3. The van der Waals surface area contributed by atoms with Gasteiger partial charge in [-0.3, -0.25) is 0 Å². The van der Waals surface area contributed by atoms with Gasteiger partial charge >= 0.3 is 17.1 Å². The molecule has 121 heavy (non-hydrogen) atoms. The van der Waals surface area contributed by atoms with Crippen molar-refractivity contribution in [1.82, 2.24) is 0 Å². The fourth-order valence-electron chi connectivity index (χ4n) is 17.3. The Balaban J connectivity index is -0.000000845. The van der Waals surface area contributed by atoms with Gasteiger partial charge in [-0.05, 0) is 38.5 Å². The molecule has 0 heterocycles. The van der Waals surface area contributed by atoms with Gasteiger partial charge in [0.1, 0.15) is 22.8 Å². The Hall–Kier alpha value is 0.969. The van der Waals surface area contributed by atoms with Gasteiger partial charge in [0.25, 0.3) is 0 Å². The van der Waals surface area contributed by atoms with Crippen molar-refractivity contribution in [2.24, 2.45) is 0 Å². The van der Waals surface area contributed by atoms with E-state index >= 15 is 0 Å². The van der Waals surface area contributed by atoms with E-state index in [-0.39, 0.29) is 35.6 Å². The fourth-order valence-corrected chi connectivity index (χ4v) is 20.8. The second-order valence-electron chi connectivity index (χ2n) is 38.3. The molecule has 0 N–H and O–H groups in total. The molecule has 0 aliphatic heterocycles. The van der Waals surface area contributed by atoms with Gasteiger partial charge in [0.05, 0.1) is 19.8 Å². The maximum absolute atomic E-state index is 12.1. The topological polar surface area (TPSA) is 148 Å². The molecule has 0 spiro atoms. The van der Waals surface area contributed by atoms with Gasteiger partial charge in [0.15, 0.2) is 0 Å². The molecule has 0 saturated carbocycles. The third-order valence-electron chi connectivity index (χ3n) is 25.7. The summed E-state index contributed by atoms with van der Waals surface area (Å²) < 4.78 is 52.3. The smallest absolute Gasteiger partial charge is 0.778 e. The van der Waals surface area contributed by atoms with E-state index in [4.69, 9.17) is 13.6 Å². The van der Waals surface area contributed by atoms with Crippen LogP contribution in [0.2, 0.25) is 0 Å². The molecule has 0 amide bonds. The Morgan fingerprint density at radius 1 is 0.132 bits per heavy atom. The molecule has 0 aliphatic rings. The van der Waals surface area contributed by atoms with Crippen molar-refractivity contribution in [3.05, 3.63) is 0 Å². The van der Waals surface area contributed by atoms with Gasteiger partial charge in [-0.2, -0.15) is 0 Å². The Morgan fingerprint density at radius 2 is 0.207 bits per heavy atom. The van der Waals surface area contributed by atoms with Crippen molar-refractivity contribution >= 4 is 22.8 Å². The van der Waals surface area contributed by atoms with Gasteiger partial charge < -0.3 is 41.9 Å². The third-order valence-corrected chi connectivity index (χ3v) is 30.0. The van der Waals surface area contributed by atoms with Gasteiger partial charge in [0, 0.05) is 18.5 Å². The summed E-state index contributed by atoms with van der Waals surface area (Å²) in [5, 5.41) is 0. The van der Waals surface area contributed by atoms with Crippen LogP contribution in [0.5, 0.6) is 0 Å².